The van der Waals surface area contributed by atoms with E-state index in [0.717, 1.165) is 12.5 Å². The second-order valence-corrected chi connectivity index (χ2v) is 11.5. The lowest BCUT2D eigenvalue weighted by molar-refractivity contribution is 0.0174. The van der Waals surface area contributed by atoms with Crippen LogP contribution in [0.3, 0.4) is 0 Å². The molecule has 13 heteroatoms. The quantitative estimate of drug-likeness (QED) is 0.504. The molecule has 2 saturated heterocycles. The van der Waals surface area contributed by atoms with Gasteiger partial charge in [0, 0.05) is 51.7 Å². The summed E-state index contributed by atoms with van der Waals surface area (Å²) in [7, 11) is -1.59. The van der Waals surface area contributed by atoms with Crippen molar-refractivity contribution in [3.63, 3.8) is 0 Å². The van der Waals surface area contributed by atoms with E-state index in [4.69, 9.17) is 14.0 Å². The van der Waals surface area contributed by atoms with Gasteiger partial charge in [-0.1, -0.05) is 24.3 Å². The average molecular weight is 529 g/mol. The van der Waals surface area contributed by atoms with Crippen molar-refractivity contribution in [2.45, 2.75) is 31.1 Å². The van der Waals surface area contributed by atoms with Crippen LogP contribution < -0.4 is 4.74 Å². The van der Waals surface area contributed by atoms with E-state index in [1.165, 1.54) is 17.0 Å². The second kappa shape index (κ2) is 10.7. The van der Waals surface area contributed by atoms with Crippen molar-refractivity contribution >= 4 is 15.9 Å². The molecule has 1 aromatic carbocycles. The van der Waals surface area contributed by atoms with E-state index in [2.05, 4.69) is 10.1 Å². The Kier molecular flexibility index (Phi) is 7.79. The van der Waals surface area contributed by atoms with Gasteiger partial charge in [-0.25, -0.2) is 22.0 Å². The Labute approximate surface area is 208 Å². The van der Waals surface area contributed by atoms with Crippen molar-refractivity contribution in [1.82, 2.24) is 19.9 Å². The van der Waals surface area contributed by atoms with E-state index < -0.39 is 15.8 Å². The highest BCUT2D eigenvalue weighted by Gasteiger charge is 2.37. The molecule has 10 nitrogen and oxygen atoms in total. The number of nitrogens with zero attached hydrogens (tertiary/aromatic N) is 4. The summed E-state index contributed by atoms with van der Waals surface area (Å²) in [4.78, 5) is 20.8. The molecule has 36 heavy (non-hydrogen) atoms. The fraction of sp³-hybridized carbons (Fsp3) is 0.609. The molecule has 0 aliphatic carbocycles. The first kappa shape index (κ1) is 26.3. The Bertz CT molecular complexity index is 1140. The van der Waals surface area contributed by atoms with Gasteiger partial charge in [0.2, 0.25) is 5.89 Å². The van der Waals surface area contributed by atoms with E-state index in [1.807, 2.05) is 0 Å². The molecule has 2 atom stereocenters. The summed E-state index contributed by atoms with van der Waals surface area (Å²) >= 11 is 0. The molecule has 0 spiro atoms. The van der Waals surface area contributed by atoms with E-state index in [0.29, 0.717) is 32.0 Å². The van der Waals surface area contributed by atoms with Crippen LogP contribution in [0.1, 0.15) is 42.2 Å². The molecule has 2 amide bonds. The summed E-state index contributed by atoms with van der Waals surface area (Å²) in [5.74, 6) is -3.28. The number of ether oxygens (including phenoxy) is 2. The van der Waals surface area contributed by atoms with Gasteiger partial charge in [-0.3, -0.25) is 0 Å². The molecule has 2 unspecified atom stereocenters. The molecule has 2 aliphatic heterocycles. The lowest BCUT2D eigenvalue weighted by Crippen LogP contribution is -2.53. The third kappa shape index (κ3) is 6.30. The highest BCUT2D eigenvalue weighted by molar-refractivity contribution is 7.91. The number of rotatable bonds is 7. The fourth-order valence-corrected chi connectivity index (χ4v) is 5.69. The van der Waals surface area contributed by atoms with Crippen molar-refractivity contribution in [1.29, 1.82) is 0 Å². The summed E-state index contributed by atoms with van der Waals surface area (Å²) in [5.41, 5.74) is 0.721. The number of likely N-dealkylation sites (tertiary alicyclic amines) is 1. The minimum atomic E-state index is -3.14. The standard InChI is InChI=1S/C23H30F2N4O6S/c1-23(24,25)19-5-3-16(4-6-19)17-13-18(20-26-21(27-35-20)34-10-9-33-2)15-29(14-17)22(30)28-7-11-36(31,32)12-8-28/h3-6,17-18H,7-15H2,1-2H3. The predicted molar refractivity (Wildman–Crippen MR) is 125 cm³/mol. The molecule has 198 valence electrons. The Hall–Kier alpha value is -2.80. The minimum Gasteiger partial charge on any atom is -0.459 e. The van der Waals surface area contributed by atoms with Crippen LogP contribution >= 0.6 is 0 Å². The molecule has 0 N–H and O–H groups in total. The summed E-state index contributed by atoms with van der Waals surface area (Å²) in [6, 6.07) is 5.90. The number of amides is 2. The van der Waals surface area contributed by atoms with Crippen molar-refractivity contribution in [2.75, 3.05) is 58.0 Å². The van der Waals surface area contributed by atoms with Crippen LogP contribution in [0.2, 0.25) is 0 Å². The van der Waals surface area contributed by atoms with Gasteiger partial charge in [-0.2, -0.15) is 4.98 Å². The number of piperidine rings is 1. The lowest BCUT2D eigenvalue weighted by atomic mass is 9.84. The summed E-state index contributed by atoms with van der Waals surface area (Å²) in [6.45, 7) is 2.36. The van der Waals surface area contributed by atoms with E-state index in [1.54, 1.807) is 24.1 Å². The zero-order valence-corrected chi connectivity index (χ0v) is 21.0. The Morgan fingerprint density at radius 1 is 1.11 bits per heavy atom. The SMILES string of the molecule is COCCOc1noc(C2CC(c3ccc(C(C)(F)F)cc3)CN(C(=O)N3CCS(=O)(=O)CC3)C2)n1. The first-order valence-corrected chi connectivity index (χ1v) is 13.6. The number of halogens is 2. The lowest BCUT2D eigenvalue weighted by Gasteiger charge is -2.40. The predicted octanol–water partition coefficient (Wildman–Crippen LogP) is 2.63. The van der Waals surface area contributed by atoms with Gasteiger partial charge >= 0.3 is 12.0 Å². The van der Waals surface area contributed by atoms with E-state index in [9.17, 15) is 22.0 Å². The zero-order chi connectivity index (χ0) is 25.9. The summed E-state index contributed by atoms with van der Waals surface area (Å²) < 4.78 is 66.8. The minimum absolute atomic E-state index is 0.0674. The van der Waals surface area contributed by atoms with Crippen molar-refractivity contribution in [2.24, 2.45) is 0 Å². The first-order chi connectivity index (χ1) is 17.1. The molecule has 4 rings (SSSR count). The maximum absolute atomic E-state index is 13.7. The average Bonchev–Trinajstić information content (AvgIpc) is 3.32. The van der Waals surface area contributed by atoms with Gasteiger partial charge in [0.05, 0.1) is 24.0 Å². The first-order valence-electron chi connectivity index (χ1n) is 11.7. The number of carbonyl (C=O) groups is 1. The number of urea groups is 1. The number of hydrogen-bond acceptors (Lipinski definition) is 8. The van der Waals surface area contributed by atoms with Crippen molar-refractivity contribution in [3.8, 4) is 6.01 Å². The number of aromatic nitrogens is 2. The van der Waals surface area contributed by atoms with Gasteiger partial charge in [0.15, 0.2) is 9.84 Å². The number of benzene rings is 1. The molecule has 2 fully saturated rings. The highest BCUT2D eigenvalue weighted by atomic mass is 32.2. The summed E-state index contributed by atoms with van der Waals surface area (Å²) in [6.07, 6.45) is 0.555. The zero-order valence-electron chi connectivity index (χ0n) is 20.2. The topological polar surface area (TPSA) is 115 Å². The molecule has 2 aliphatic rings. The van der Waals surface area contributed by atoms with Crippen LogP contribution in [0, 0.1) is 0 Å². The van der Waals surface area contributed by atoms with Crippen LogP contribution in [-0.4, -0.2) is 92.4 Å². The number of sulfone groups is 1. The fourth-order valence-electron chi connectivity index (χ4n) is 4.49. The molecule has 0 saturated carbocycles. The van der Waals surface area contributed by atoms with E-state index in [-0.39, 0.29) is 60.6 Å². The number of alkyl halides is 2. The van der Waals surface area contributed by atoms with Gasteiger partial charge in [-0.15, -0.1) is 0 Å². The maximum atomic E-state index is 13.7. The van der Waals surface area contributed by atoms with Crippen LogP contribution in [0.4, 0.5) is 13.6 Å². The van der Waals surface area contributed by atoms with Crippen LogP contribution in [0.15, 0.2) is 28.8 Å². The second-order valence-electron chi connectivity index (χ2n) is 9.22. The summed E-state index contributed by atoms with van der Waals surface area (Å²) in [5, 5.41) is 3.85. The molecule has 3 heterocycles. The molecule has 0 bridgehead atoms. The third-order valence-corrected chi connectivity index (χ3v) is 8.13. The Morgan fingerprint density at radius 2 is 1.78 bits per heavy atom. The molecule has 0 radical (unpaired) electrons. The third-order valence-electron chi connectivity index (χ3n) is 6.52. The Balaban J connectivity index is 1.55. The van der Waals surface area contributed by atoms with Crippen molar-refractivity contribution in [3.05, 3.63) is 41.3 Å². The smallest absolute Gasteiger partial charge is 0.354 e. The number of hydrogen-bond donors (Lipinski definition) is 0. The highest BCUT2D eigenvalue weighted by Crippen LogP contribution is 2.37. The number of carbonyl (C=O) groups excluding carboxylic acids is 1. The molecule has 1 aromatic heterocycles. The molecular formula is C23H30F2N4O6S. The monoisotopic (exact) mass is 528 g/mol. The molecular weight excluding hydrogens is 498 g/mol. The number of methoxy groups -OCH3 is 1. The normalized spacial score (nSPS) is 22.4. The van der Waals surface area contributed by atoms with Crippen LogP contribution in [0.25, 0.3) is 0 Å². The largest absolute Gasteiger partial charge is 0.459 e. The van der Waals surface area contributed by atoms with Gasteiger partial charge in [-0.05, 0) is 17.1 Å². The van der Waals surface area contributed by atoms with Gasteiger partial charge < -0.3 is 23.8 Å². The van der Waals surface area contributed by atoms with E-state index >= 15 is 0 Å². The Morgan fingerprint density at radius 3 is 2.42 bits per heavy atom. The molecule has 2 aromatic rings. The van der Waals surface area contributed by atoms with Crippen molar-refractivity contribution < 1.29 is 36.0 Å². The van der Waals surface area contributed by atoms with Gasteiger partial charge in [0.1, 0.15) is 6.61 Å². The maximum Gasteiger partial charge on any atom is 0.354 e. The van der Waals surface area contributed by atoms with Crippen LogP contribution in [0.5, 0.6) is 6.01 Å². The van der Waals surface area contributed by atoms with Gasteiger partial charge in [0.25, 0.3) is 5.92 Å². The van der Waals surface area contributed by atoms with Crippen LogP contribution in [-0.2, 0) is 20.5 Å².